The third kappa shape index (κ3) is 4.20. The molecule has 0 unspecified atom stereocenters. The summed E-state index contributed by atoms with van der Waals surface area (Å²) in [6, 6.07) is 3.35. The van der Waals surface area contributed by atoms with Crippen LogP contribution in [-0.4, -0.2) is 0 Å². The summed E-state index contributed by atoms with van der Waals surface area (Å²) in [4.78, 5) is 0. The van der Waals surface area contributed by atoms with E-state index in [2.05, 4.69) is 0 Å². The van der Waals surface area contributed by atoms with Crippen molar-refractivity contribution in [1.29, 1.82) is 0 Å². The quantitative estimate of drug-likeness (QED) is 0.501. The van der Waals surface area contributed by atoms with E-state index in [1.54, 1.807) is 0 Å². The molecule has 23 heavy (non-hydrogen) atoms. The molecule has 0 fully saturated rings. The Morgan fingerprint density at radius 3 is 1.52 bits per heavy atom. The number of halogens is 7. The van der Waals surface area contributed by atoms with Crippen molar-refractivity contribution in [1.82, 2.24) is 0 Å². The van der Waals surface area contributed by atoms with Crippen molar-refractivity contribution in [2.24, 2.45) is 11.5 Å². The summed E-state index contributed by atoms with van der Waals surface area (Å²) in [7, 11) is 0. The van der Waals surface area contributed by atoms with Crippen LogP contribution in [0.5, 0.6) is 0 Å². The van der Waals surface area contributed by atoms with Gasteiger partial charge in [-0.15, -0.1) is 0 Å². The van der Waals surface area contributed by atoms with Gasteiger partial charge in [0.1, 0.15) is 11.6 Å². The molecule has 0 saturated heterocycles. The largest absolute Gasteiger partial charge is 0.326 e. The maximum atomic E-state index is 12.6. The van der Waals surface area contributed by atoms with Crippen molar-refractivity contribution in [3.63, 3.8) is 0 Å². The molecular weight excluding hydrogens is 329 g/mol. The molecular formula is C14H11F7N2. The van der Waals surface area contributed by atoms with Crippen LogP contribution in [0.1, 0.15) is 11.1 Å². The molecule has 0 aliphatic heterocycles. The lowest BCUT2D eigenvalue weighted by atomic mass is 10.1. The van der Waals surface area contributed by atoms with Gasteiger partial charge in [-0.05, 0) is 6.07 Å². The molecule has 0 heterocycles. The fourth-order valence-corrected chi connectivity index (χ4v) is 1.52. The van der Waals surface area contributed by atoms with Crippen LogP contribution in [0.2, 0.25) is 0 Å². The molecule has 0 radical (unpaired) electrons. The average molecular weight is 340 g/mol. The Morgan fingerprint density at radius 2 is 1.13 bits per heavy atom. The van der Waals surface area contributed by atoms with Gasteiger partial charge in [-0.25, -0.2) is 30.7 Å². The summed E-state index contributed by atoms with van der Waals surface area (Å²) in [5.74, 6) is -11.0. The van der Waals surface area contributed by atoms with Crippen LogP contribution in [0.25, 0.3) is 0 Å². The third-order valence-electron chi connectivity index (χ3n) is 2.74. The molecule has 0 aliphatic carbocycles. The smallest absolute Gasteiger partial charge is 0.200 e. The van der Waals surface area contributed by atoms with E-state index in [0.29, 0.717) is 5.56 Å². The lowest BCUT2D eigenvalue weighted by molar-refractivity contribution is 0.370. The monoisotopic (exact) mass is 340 g/mol. The van der Waals surface area contributed by atoms with Gasteiger partial charge in [0.05, 0.1) is 0 Å². The topological polar surface area (TPSA) is 52.0 Å². The second kappa shape index (κ2) is 7.93. The van der Waals surface area contributed by atoms with Crippen molar-refractivity contribution in [3.05, 3.63) is 70.0 Å². The van der Waals surface area contributed by atoms with Crippen LogP contribution in [0.4, 0.5) is 30.7 Å². The van der Waals surface area contributed by atoms with Gasteiger partial charge < -0.3 is 11.5 Å². The molecule has 0 bridgehead atoms. The Bertz CT molecular complexity index is 675. The van der Waals surface area contributed by atoms with Crippen molar-refractivity contribution in [3.8, 4) is 0 Å². The molecule has 0 aliphatic rings. The molecule has 0 amide bonds. The minimum Gasteiger partial charge on any atom is -0.326 e. The van der Waals surface area contributed by atoms with Gasteiger partial charge in [0.15, 0.2) is 23.3 Å². The Labute approximate surface area is 126 Å². The Balaban J connectivity index is 0.000000238. The Morgan fingerprint density at radius 1 is 0.652 bits per heavy atom. The van der Waals surface area contributed by atoms with E-state index >= 15 is 0 Å². The van der Waals surface area contributed by atoms with E-state index in [-0.39, 0.29) is 6.54 Å². The van der Waals surface area contributed by atoms with E-state index in [4.69, 9.17) is 11.5 Å². The third-order valence-corrected chi connectivity index (χ3v) is 2.74. The zero-order chi connectivity index (χ0) is 17.7. The van der Waals surface area contributed by atoms with Crippen LogP contribution >= 0.6 is 0 Å². The maximum Gasteiger partial charge on any atom is 0.200 e. The van der Waals surface area contributed by atoms with E-state index in [0.717, 1.165) is 6.07 Å². The first-order valence-corrected chi connectivity index (χ1v) is 6.08. The second-order valence-electron chi connectivity index (χ2n) is 4.19. The highest BCUT2D eigenvalue weighted by molar-refractivity contribution is 5.23. The van der Waals surface area contributed by atoms with Crippen molar-refractivity contribution < 1.29 is 30.7 Å². The summed E-state index contributed by atoms with van der Waals surface area (Å²) in [5.41, 5.74) is 9.27. The normalized spacial score (nSPS) is 10.3. The highest BCUT2D eigenvalue weighted by atomic mass is 19.2. The van der Waals surface area contributed by atoms with E-state index in [1.807, 2.05) is 0 Å². The first-order valence-electron chi connectivity index (χ1n) is 6.08. The summed E-state index contributed by atoms with van der Waals surface area (Å²) >= 11 is 0. The van der Waals surface area contributed by atoms with Crippen LogP contribution < -0.4 is 11.5 Å². The molecule has 0 saturated carbocycles. The van der Waals surface area contributed by atoms with E-state index < -0.39 is 52.8 Å². The van der Waals surface area contributed by atoms with Crippen molar-refractivity contribution >= 4 is 0 Å². The molecule has 9 heteroatoms. The van der Waals surface area contributed by atoms with Crippen LogP contribution in [0.3, 0.4) is 0 Å². The number of benzene rings is 2. The van der Waals surface area contributed by atoms with Gasteiger partial charge in [-0.3, -0.25) is 0 Å². The van der Waals surface area contributed by atoms with E-state index in [1.165, 1.54) is 12.1 Å². The molecule has 126 valence electrons. The molecule has 4 N–H and O–H groups in total. The minimum absolute atomic E-state index is 0.103. The summed E-state index contributed by atoms with van der Waals surface area (Å²) in [6.45, 7) is -0.641. The summed E-state index contributed by atoms with van der Waals surface area (Å²) in [6.07, 6.45) is 0. The van der Waals surface area contributed by atoms with Gasteiger partial charge in [0.2, 0.25) is 5.82 Å². The summed E-state index contributed by atoms with van der Waals surface area (Å²) in [5, 5.41) is 0. The van der Waals surface area contributed by atoms with Crippen molar-refractivity contribution in [2.45, 2.75) is 13.1 Å². The molecule has 2 nitrogen and oxygen atoms in total. The average Bonchev–Trinajstić information content (AvgIpc) is 2.52. The second-order valence-corrected chi connectivity index (χ2v) is 4.19. The summed E-state index contributed by atoms with van der Waals surface area (Å²) < 4.78 is 87.0. The SMILES string of the molecule is NCc1c(F)c(F)c(F)c(F)c1F.NCc1ccc(F)cc1F. The number of nitrogens with two attached hydrogens (primary N) is 2. The predicted octanol–water partition coefficient (Wildman–Crippen LogP) is 3.26. The Kier molecular flexibility index (Phi) is 6.52. The van der Waals surface area contributed by atoms with Gasteiger partial charge >= 0.3 is 0 Å². The molecule has 0 spiro atoms. The zero-order valence-corrected chi connectivity index (χ0v) is 11.4. The first kappa shape index (κ1) is 18.9. The Hall–Kier alpha value is -2.13. The number of hydrogen-bond acceptors (Lipinski definition) is 2. The number of hydrogen-bond donors (Lipinski definition) is 2. The standard InChI is InChI=1S/C7H4F5N.C7H7F2N/c8-3-2(1-13)4(9)6(11)7(12)5(3)10;8-6-2-1-5(4-10)7(9)3-6/h1,13H2;1-3H,4,10H2. The van der Waals surface area contributed by atoms with Crippen molar-refractivity contribution in [2.75, 3.05) is 0 Å². The fraction of sp³-hybridized carbons (Fsp3) is 0.143. The lowest BCUT2D eigenvalue weighted by Gasteiger charge is -2.04. The predicted molar refractivity (Wildman–Crippen MR) is 68.4 cm³/mol. The molecule has 2 rings (SSSR count). The number of rotatable bonds is 2. The minimum atomic E-state index is -2.17. The molecule has 2 aromatic rings. The highest BCUT2D eigenvalue weighted by Crippen LogP contribution is 2.22. The molecule has 2 aromatic carbocycles. The fourth-order valence-electron chi connectivity index (χ4n) is 1.52. The van der Waals surface area contributed by atoms with Crippen LogP contribution in [0.15, 0.2) is 18.2 Å². The zero-order valence-electron chi connectivity index (χ0n) is 11.4. The lowest BCUT2D eigenvalue weighted by Crippen LogP contribution is -2.10. The van der Waals surface area contributed by atoms with Crippen LogP contribution in [-0.2, 0) is 13.1 Å². The van der Waals surface area contributed by atoms with Gasteiger partial charge in [0.25, 0.3) is 0 Å². The van der Waals surface area contributed by atoms with Gasteiger partial charge in [-0.1, -0.05) is 6.07 Å². The molecule has 0 atom stereocenters. The van der Waals surface area contributed by atoms with Gasteiger partial charge in [0, 0.05) is 30.3 Å². The molecule has 0 aromatic heterocycles. The maximum absolute atomic E-state index is 12.6. The first-order chi connectivity index (χ1) is 10.7. The van der Waals surface area contributed by atoms with Crippen LogP contribution in [0, 0.1) is 40.7 Å². The van der Waals surface area contributed by atoms with E-state index in [9.17, 15) is 30.7 Å². The van der Waals surface area contributed by atoms with Gasteiger partial charge in [-0.2, -0.15) is 0 Å². The highest BCUT2D eigenvalue weighted by Gasteiger charge is 2.24.